The van der Waals surface area contributed by atoms with Gasteiger partial charge in [0.05, 0.1) is 6.61 Å². The SMILES string of the molecule is O=C(COCCNC(=O)OCC1c2ccccc2-c2ccccc21)NC1(C(=O)O)CCN(Cc2ccccc2)CC1. The quantitative estimate of drug-likeness (QED) is 0.307. The highest BCUT2D eigenvalue weighted by atomic mass is 16.5. The van der Waals surface area contributed by atoms with Crippen molar-refractivity contribution in [3.63, 3.8) is 0 Å². The van der Waals surface area contributed by atoms with E-state index < -0.39 is 23.5 Å². The number of alkyl carbamates (subject to hydrolysis) is 1. The fourth-order valence-corrected chi connectivity index (χ4v) is 5.67. The van der Waals surface area contributed by atoms with Crippen molar-refractivity contribution in [2.75, 3.05) is 39.5 Å². The van der Waals surface area contributed by atoms with Crippen LogP contribution in [0.4, 0.5) is 4.79 Å². The fraction of sp³-hybridized carbons (Fsp3) is 0.344. The van der Waals surface area contributed by atoms with Crippen molar-refractivity contribution >= 4 is 18.0 Å². The van der Waals surface area contributed by atoms with Gasteiger partial charge in [-0.3, -0.25) is 9.69 Å². The van der Waals surface area contributed by atoms with Gasteiger partial charge in [-0.25, -0.2) is 9.59 Å². The average molecular weight is 558 g/mol. The van der Waals surface area contributed by atoms with Gasteiger partial charge in [-0.1, -0.05) is 78.9 Å². The predicted molar refractivity (Wildman–Crippen MR) is 153 cm³/mol. The molecule has 3 aromatic rings. The highest BCUT2D eigenvalue weighted by Gasteiger charge is 2.42. The monoisotopic (exact) mass is 557 g/mol. The molecular weight excluding hydrogens is 522 g/mol. The van der Waals surface area contributed by atoms with Crippen LogP contribution in [0, 0.1) is 0 Å². The normalized spacial score (nSPS) is 15.9. The Bertz CT molecular complexity index is 1330. The van der Waals surface area contributed by atoms with Gasteiger partial charge in [0, 0.05) is 32.1 Å². The summed E-state index contributed by atoms with van der Waals surface area (Å²) in [6, 6.07) is 26.3. The number of carbonyl (C=O) groups is 3. The van der Waals surface area contributed by atoms with E-state index in [1.807, 2.05) is 54.6 Å². The number of amides is 2. The second kappa shape index (κ2) is 13.0. The van der Waals surface area contributed by atoms with Crippen molar-refractivity contribution in [2.45, 2.75) is 30.8 Å². The first-order valence-electron chi connectivity index (χ1n) is 13.9. The number of nitrogens with one attached hydrogen (secondary N) is 2. The molecule has 2 aliphatic rings. The van der Waals surface area contributed by atoms with Crippen molar-refractivity contribution in [2.24, 2.45) is 0 Å². The third kappa shape index (κ3) is 6.75. The summed E-state index contributed by atoms with van der Waals surface area (Å²) in [5, 5.41) is 15.2. The van der Waals surface area contributed by atoms with Crippen molar-refractivity contribution in [1.29, 1.82) is 0 Å². The maximum Gasteiger partial charge on any atom is 0.407 e. The first-order valence-corrected chi connectivity index (χ1v) is 13.9. The van der Waals surface area contributed by atoms with Gasteiger partial charge < -0.3 is 25.2 Å². The Balaban J connectivity index is 1.00. The summed E-state index contributed by atoms with van der Waals surface area (Å²) < 4.78 is 10.9. The second-order valence-corrected chi connectivity index (χ2v) is 10.5. The minimum atomic E-state index is -1.31. The average Bonchev–Trinajstić information content (AvgIpc) is 3.31. The van der Waals surface area contributed by atoms with Crippen LogP contribution in [-0.2, 0) is 25.6 Å². The van der Waals surface area contributed by atoms with E-state index in [0.717, 1.165) is 28.8 Å². The zero-order valence-corrected chi connectivity index (χ0v) is 22.9. The lowest BCUT2D eigenvalue weighted by Crippen LogP contribution is -2.60. The molecule has 9 nitrogen and oxygen atoms in total. The van der Waals surface area contributed by atoms with Gasteiger partial charge in [0.2, 0.25) is 5.91 Å². The van der Waals surface area contributed by atoms with Crippen LogP contribution in [0.5, 0.6) is 0 Å². The summed E-state index contributed by atoms with van der Waals surface area (Å²) >= 11 is 0. The van der Waals surface area contributed by atoms with Gasteiger partial charge in [-0.05, 0) is 40.7 Å². The number of rotatable bonds is 11. The minimum absolute atomic E-state index is 0.0279. The number of piperidine rings is 1. The molecule has 9 heteroatoms. The summed E-state index contributed by atoms with van der Waals surface area (Å²) in [7, 11) is 0. The molecule has 1 fully saturated rings. The Labute approximate surface area is 239 Å². The summed E-state index contributed by atoms with van der Waals surface area (Å²) in [6.07, 6.45) is 0.0566. The Morgan fingerprint density at radius 1 is 0.878 bits per heavy atom. The van der Waals surface area contributed by atoms with Crippen LogP contribution in [0.1, 0.15) is 35.4 Å². The number of carboxylic acids is 1. The van der Waals surface area contributed by atoms with Crippen LogP contribution in [0.3, 0.4) is 0 Å². The molecule has 0 saturated carbocycles. The van der Waals surface area contributed by atoms with E-state index in [1.165, 1.54) is 5.56 Å². The summed E-state index contributed by atoms with van der Waals surface area (Å²) in [5.74, 6) is -1.56. The zero-order valence-electron chi connectivity index (χ0n) is 22.9. The smallest absolute Gasteiger partial charge is 0.407 e. The van der Waals surface area contributed by atoms with E-state index in [4.69, 9.17) is 9.47 Å². The van der Waals surface area contributed by atoms with Gasteiger partial charge >= 0.3 is 12.1 Å². The van der Waals surface area contributed by atoms with Crippen molar-refractivity contribution < 1.29 is 29.0 Å². The molecule has 214 valence electrons. The number of nitrogens with zero attached hydrogens (tertiary/aromatic N) is 1. The summed E-state index contributed by atoms with van der Waals surface area (Å²) in [5.41, 5.74) is 4.44. The lowest BCUT2D eigenvalue weighted by molar-refractivity contribution is -0.150. The van der Waals surface area contributed by atoms with Crippen molar-refractivity contribution in [3.05, 3.63) is 95.6 Å². The van der Waals surface area contributed by atoms with E-state index in [9.17, 15) is 19.5 Å². The van der Waals surface area contributed by atoms with E-state index >= 15 is 0 Å². The van der Waals surface area contributed by atoms with Gasteiger partial charge in [0.25, 0.3) is 0 Å². The molecule has 0 radical (unpaired) electrons. The molecule has 0 unspecified atom stereocenters. The van der Waals surface area contributed by atoms with E-state index in [2.05, 4.69) is 39.8 Å². The maximum absolute atomic E-state index is 12.5. The Morgan fingerprint density at radius 3 is 2.12 bits per heavy atom. The first-order chi connectivity index (χ1) is 19.9. The van der Waals surface area contributed by atoms with E-state index in [-0.39, 0.29) is 32.3 Å². The lowest BCUT2D eigenvalue weighted by atomic mass is 9.87. The molecule has 0 bridgehead atoms. The van der Waals surface area contributed by atoms with Gasteiger partial charge in [0.15, 0.2) is 0 Å². The van der Waals surface area contributed by atoms with Crippen LogP contribution in [0.15, 0.2) is 78.9 Å². The first kappa shape index (κ1) is 28.3. The van der Waals surface area contributed by atoms with Crippen molar-refractivity contribution in [1.82, 2.24) is 15.5 Å². The summed E-state index contributed by atoms with van der Waals surface area (Å²) in [6.45, 7) is 2.02. The molecular formula is C32H35N3O6. The molecule has 1 saturated heterocycles. The molecule has 0 spiro atoms. The van der Waals surface area contributed by atoms with Crippen LogP contribution in [0.25, 0.3) is 11.1 Å². The topological polar surface area (TPSA) is 117 Å². The third-order valence-corrected chi connectivity index (χ3v) is 7.84. The minimum Gasteiger partial charge on any atom is -0.480 e. The van der Waals surface area contributed by atoms with Gasteiger partial charge in [0.1, 0.15) is 18.8 Å². The molecule has 1 heterocycles. The highest BCUT2D eigenvalue weighted by Crippen LogP contribution is 2.44. The summed E-state index contributed by atoms with van der Waals surface area (Å²) in [4.78, 5) is 39.1. The van der Waals surface area contributed by atoms with Crippen LogP contribution < -0.4 is 10.6 Å². The Kier molecular flexibility index (Phi) is 8.96. The number of aliphatic carboxylic acids is 1. The molecule has 1 aliphatic heterocycles. The van der Waals surface area contributed by atoms with Crippen molar-refractivity contribution in [3.8, 4) is 11.1 Å². The molecule has 3 aromatic carbocycles. The second-order valence-electron chi connectivity index (χ2n) is 10.5. The number of likely N-dealkylation sites (tertiary alicyclic amines) is 1. The highest BCUT2D eigenvalue weighted by molar-refractivity contribution is 5.87. The number of carbonyl (C=O) groups excluding carboxylic acids is 2. The maximum atomic E-state index is 12.5. The molecule has 1 aliphatic carbocycles. The molecule has 5 rings (SSSR count). The number of ether oxygens (including phenoxy) is 2. The number of carboxylic acid groups (broad SMARTS) is 1. The number of benzene rings is 3. The molecule has 3 N–H and O–H groups in total. The lowest BCUT2D eigenvalue weighted by Gasteiger charge is -2.39. The largest absolute Gasteiger partial charge is 0.480 e. The third-order valence-electron chi connectivity index (χ3n) is 7.84. The predicted octanol–water partition coefficient (Wildman–Crippen LogP) is 3.78. The van der Waals surface area contributed by atoms with E-state index in [0.29, 0.717) is 25.9 Å². The fourth-order valence-electron chi connectivity index (χ4n) is 5.67. The van der Waals surface area contributed by atoms with Crippen LogP contribution in [0.2, 0.25) is 0 Å². The number of hydrogen-bond acceptors (Lipinski definition) is 6. The van der Waals surface area contributed by atoms with Crippen LogP contribution >= 0.6 is 0 Å². The van der Waals surface area contributed by atoms with Gasteiger partial charge in [-0.15, -0.1) is 0 Å². The molecule has 0 atom stereocenters. The standard InChI is InChI=1S/C32H35N3O6/c36-29(34-32(30(37)38)14-17-35(18-15-32)20-23-8-2-1-3-9-23)22-40-19-16-33-31(39)41-21-28-26-12-6-4-10-24(26)25-11-5-7-13-27(25)28/h1-13,28H,14-22H2,(H,33,39)(H,34,36)(H,37,38). The van der Waals surface area contributed by atoms with Crippen LogP contribution in [-0.4, -0.2) is 73.0 Å². The number of fused-ring (bicyclic) bond motifs is 3. The van der Waals surface area contributed by atoms with E-state index in [1.54, 1.807) is 0 Å². The van der Waals surface area contributed by atoms with Gasteiger partial charge in [-0.2, -0.15) is 0 Å². The Hall–Kier alpha value is -4.21. The Morgan fingerprint density at radius 2 is 1.49 bits per heavy atom. The molecule has 0 aromatic heterocycles. The molecule has 2 amide bonds. The molecule has 41 heavy (non-hydrogen) atoms. The number of hydrogen-bond donors (Lipinski definition) is 3. The zero-order chi connectivity index (χ0) is 28.7.